The van der Waals surface area contributed by atoms with Crippen molar-refractivity contribution < 1.29 is 9.66 Å². The van der Waals surface area contributed by atoms with Gasteiger partial charge < -0.3 is 15.4 Å². The van der Waals surface area contributed by atoms with E-state index in [4.69, 9.17) is 4.74 Å². The van der Waals surface area contributed by atoms with E-state index in [1.54, 1.807) is 42.7 Å². The Hall–Kier alpha value is -3.20. The number of benzene rings is 1. The van der Waals surface area contributed by atoms with Gasteiger partial charge in [-0.25, -0.2) is 9.97 Å². The third-order valence-corrected chi connectivity index (χ3v) is 4.52. The van der Waals surface area contributed by atoms with E-state index in [9.17, 15) is 10.1 Å². The summed E-state index contributed by atoms with van der Waals surface area (Å²) in [6, 6.07) is 11.1. The smallest absolute Gasteiger partial charge is 0.353 e. The highest BCUT2D eigenvalue weighted by atomic mass is 32.1. The van der Waals surface area contributed by atoms with Gasteiger partial charge in [-0.1, -0.05) is 12.1 Å². The highest BCUT2D eigenvalue weighted by Crippen LogP contribution is 2.31. The van der Waals surface area contributed by atoms with Crippen LogP contribution in [0.2, 0.25) is 0 Å². The third kappa shape index (κ3) is 4.25. The molecule has 0 saturated carbocycles. The summed E-state index contributed by atoms with van der Waals surface area (Å²) in [5.41, 5.74) is 0.442. The first-order valence-corrected chi connectivity index (χ1v) is 8.72. The molecule has 26 heavy (non-hydrogen) atoms. The SMILES string of the molecule is COc1cccc(Nc2ncnc(NCCc3cccs3)c2[N+](=O)[O-])c1. The van der Waals surface area contributed by atoms with Gasteiger partial charge in [-0.05, 0) is 30.0 Å². The maximum atomic E-state index is 11.6. The third-order valence-electron chi connectivity index (χ3n) is 3.58. The summed E-state index contributed by atoms with van der Waals surface area (Å²) in [5.74, 6) is 0.949. The van der Waals surface area contributed by atoms with Crippen molar-refractivity contribution in [2.24, 2.45) is 0 Å². The van der Waals surface area contributed by atoms with Crippen molar-refractivity contribution in [3.05, 3.63) is 63.1 Å². The zero-order valence-electron chi connectivity index (χ0n) is 14.0. The molecule has 0 bridgehead atoms. The molecule has 2 heterocycles. The molecule has 0 radical (unpaired) electrons. The van der Waals surface area contributed by atoms with Gasteiger partial charge in [0.1, 0.15) is 12.1 Å². The average molecular weight is 371 g/mol. The van der Waals surface area contributed by atoms with E-state index in [0.29, 0.717) is 18.0 Å². The first-order valence-electron chi connectivity index (χ1n) is 7.84. The van der Waals surface area contributed by atoms with Gasteiger partial charge in [-0.3, -0.25) is 10.1 Å². The van der Waals surface area contributed by atoms with Crippen LogP contribution < -0.4 is 15.4 Å². The Morgan fingerprint density at radius 3 is 2.81 bits per heavy atom. The molecule has 3 aromatic rings. The van der Waals surface area contributed by atoms with Gasteiger partial charge in [0.05, 0.1) is 12.0 Å². The summed E-state index contributed by atoms with van der Waals surface area (Å²) >= 11 is 1.65. The zero-order valence-corrected chi connectivity index (χ0v) is 14.8. The Balaban J connectivity index is 1.79. The number of ether oxygens (including phenoxy) is 1. The molecule has 0 aliphatic carbocycles. The fourth-order valence-electron chi connectivity index (χ4n) is 2.37. The molecule has 0 fully saturated rings. The minimum atomic E-state index is -0.490. The van der Waals surface area contributed by atoms with E-state index < -0.39 is 4.92 Å². The highest BCUT2D eigenvalue weighted by molar-refractivity contribution is 7.09. The lowest BCUT2D eigenvalue weighted by molar-refractivity contribution is -0.383. The number of thiophene rings is 1. The van der Waals surface area contributed by atoms with Gasteiger partial charge in [0.2, 0.25) is 11.6 Å². The first kappa shape index (κ1) is 17.6. The number of hydrogen-bond acceptors (Lipinski definition) is 8. The Labute approximate surface area is 154 Å². The van der Waals surface area contributed by atoms with Crippen LogP contribution in [0, 0.1) is 10.1 Å². The van der Waals surface area contributed by atoms with Crippen molar-refractivity contribution in [3.8, 4) is 5.75 Å². The summed E-state index contributed by atoms with van der Waals surface area (Å²) in [6.07, 6.45) is 2.06. The van der Waals surface area contributed by atoms with Crippen molar-refractivity contribution >= 4 is 34.3 Å². The molecule has 8 nitrogen and oxygen atoms in total. The number of aromatic nitrogens is 2. The summed E-state index contributed by atoms with van der Waals surface area (Å²) in [6.45, 7) is 0.539. The summed E-state index contributed by atoms with van der Waals surface area (Å²) in [7, 11) is 1.56. The minimum Gasteiger partial charge on any atom is -0.497 e. The van der Waals surface area contributed by atoms with Gasteiger partial charge in [-0.2, -0.15) is 0 Å². The lowest BCUT2D eigenvalue weighted by Gasteiger charge is -2.10. The van der Waals surface area contributed by atoms with Crippen LogP contribution in [-0.4, -0.2) is 28.5 Å². The van der Waals surface area contributed by atoms with Gasteiger partial charge in [0.25, 0.3) is 0 Å². The monoisotopic (exact) mass is 371 g/mol. The van der Waals surface area contributed by atoms with Crippen molar-refractivity contribution in [2.75, 3.05) is 24.3 Å². The van der Waals surface area contributed by atoms with Crippen molar-refractivity contribution in [1.29, 1.82) is 0 Å². The Morgan fingerprint density at radius 2 is 2.08 bits per heavy atom. The van der Waals surface area contributed by atoms with E-state index in [1.807, 2.05) is 17.5 Å². The molecule has 2 aromatic heterocycles. The molecular weight excluding hydrogens is 354 g/mol. The largest absolute Gasteiger partial charge is 0.497 e. The molecule has 9 heteroatoms. The van der Waals surface area contributed by atoms with Crippen LogP contribution in [0.25, 0.3) is 0 Å². The van der Waals surface area contributed by atoms with Crippen LogP contribution in [0.15, 0.2) is 48.1 Å². The van der Waals surface area contributed by atoms with Crippen LogP contribution in [0.1, 0.15) is 4.88 Å². The lowest BCUT2D eigenvalue weighted by atomic mass is 10.3. The molecule has 1 aromatic carbocycles. The van der Waals surface area contributed by atoms with Gasteiger partial charge >= 0.3 is 5.69 Å². The maximum absolute atomic E-state index is 11.6. The number of rotatable bonds is 8. The fraction of sp³-hybridized carbons (Fsp3) is 0.176. The number of methoxy groups -OCH3 is 1. The van der Waals surface area contributed by atoms with Gasteiger partial charge in [-0.15, -0.1) is 11.3 Å². The van der Waals surface area contributed by atoms with Crippen molar-refractivity contribution in [3.63, 3.8) is 0 Å². The number of anilines is 3. The van der Waals surface area contributed by atoms with Crippen LogP contribution in [0.3, 0.4) is 0 Å². The van der Waals surface area contributed by atoms with E-state index in [-0.39, 0.29) is 17.3 Å². The molecule has 0 aliphatic heterocycles. The van der Waals surface area contributed by atoms with Crippen LogP contribution in [0.4, 0.5) is 23.0 Å². The molecule has 0 atom stereocenters. The highest BCUT2D eigenvalue weighted by Gasteiger charge is 2.23. The molecule has 0 unspecified atom stereocenters. The summed E-state index contributed by atoms with van der Waals surface area (Å²) in [4.78, 5) is 20.3. The van der Waals surface area contributed by atoms with Crippen molar-refractivity contribution in [1.82, 2.24) is 9.97 Å². The number of hydrogen-bond donors (Lipinski definition) is 2. The van der Waals surface area contributed by atoms with E-state index in [1.165, 1.54) is 11.2 Å². The van der Waals surface area contributed by atoms with Crippen molar-refractivity contribution in [2.45, 2.75) is 6.42 Å². The first-order chi connectivity index (χ1) is 12.7. The zero-order chi connectivity index (χ0) is 18.4. The molecule has 134 valence electrons. The molecule has 0 spiro atoms. The van der Waals surface area contributed by atoms with E-state index >= 15 is 0 Å². The summed E-state index contributed by atoms with van der Waals surface area (Å²) in [5, 5.41) is 19.6. The average Bonchev–Trinajstić information content (AvgIpc) is 3.15. The molecule has 0 aliphatic rings. The molecule has 2 N–H and O–H groups in total. The number of nitro groups is 1. The Morgan fingerprint density at radius 1 is 1.23 bits per heavy atom. The quantitative estimate of drug-likeness (QED) is 0.458. The topological polar surface area (TPSA) is 102 Å². The minimum absolute atomic E-state index is 0.122. The molecule has 0 amide bonds. The fourth-order valence-corrected chi connectivity index (χ4v) is 3.08. The second-order valence-corrected chi connectivity index (χ2v) is 6.32. The van der Waals surface area contributed by atoms with Crippen LogP contribution >= 0.6 is 11.3 Å². The normalized spacial score (nSPS) is 10.3. The van der Waals surface area contributed by atoms with E-state index in [2.05, 4.69) is 20.6 Å². The Bertz CT molecular complexity index is 886. The number of nitrogens with zero attached hydrogens (tertiary/aromatic N) is 3. The maximum Gasteiger partial charge on any atom is 0.353 e. The van der Waals surface area contributed by atoms with E-state index in [0.717, 1.165) is 6.42 Å². The number of nitrogens with one attached hydrogen (secondary N) is 2. The molecular formula is C17H17N5O3S. The van der Waals surface area contributed by atoms with Crippen LogP contribution in [-0.2, 0) is 6.42 Å². The second kappa shape index (κ2) is 8.26. The molecule has 3 rings (SSSR count). The summed E-state index contributed by atoms with van der Waals surface area (Å²) < 4.78 is 5.16. The standard InChI is InChI=1S/C17H17N5O3S/c1-25-13-5-2-4-12(10-13)21-17-15(22(23)24)16(19-11-20-17)18-8-7-14-6-3-9-26-14/h2-6,9-11H,7-8H2,1H3,(H2,18,19,20,21). The lowest BCUT2D eigenvalue weighted by Crippen LogP contribution is -2.10. The molecule has 0 saturated heterocycles. The van der Waals surface area contributed by atoms with Crippen LogP contribution in [0.5, 0.6) is 5.75 Å². The van der Waals surface area contributed by atoms with Gasteiger partial charge in [0.15, 0.2) is 0 Å². The predicted octanol–water partition coefficient (Wildman–Crippen LogP) is 3.85. The Kier molecular flexibility index (Phi) is 5.59. The predicted molar refractivity (Wildman–Crippen MR) is 101 cm³/mol. The second-order valence-electron chi connectivity index (χ2n) is 5.29. The van der Waals surface area contributed by atoms with Gasteiger partial charge in [0, 0.05) is 23.2 Å².